The number of hydrogen-bond donors (Lipinski definition) is 0. The lowest BCUT2D eigenvalue weighted by Gasteiger charge is -2.33. The van der Waals surface area contributed by atoms with Gasteiger partial charge >= 0.3 is 5.97 Å². The molecule has 144 valence electrons. The fourth-order valence-electron chi connectivity index (χ4n) is 2.87. The van der Waals surface area contributed by atoms with E-state index in [9.17, 15) is 18.0 Å². The summed E-state index contributed by atoms with van der Waals surface area (Å²) in [4.78, 5) is 25.7. The standard InChI is InChI=1S/C17H23NO7S/c1-23-14-6-4-12(10-15(14)24-2)5-7-16(19)18-8-9-26(21,22)11-13(18)17(20)25-3/h4,6,10,13H,5,7-9,11H2,1-3H3/t13-/m0/s1. The molecule has 1 aromatic rings. The summed E-state index contributed by atoms with van der Waals surface area (Å²) in [6.07, 6.45) is 0.569. The summed E-state index contributed by atoms with van der Waals surface area (Å²) in [6.45, 7) is -0.00708. The van der Waals surface area contributed by atoms with Crippen molar-refractivity contribution in [3.05, 3.63) is 23.8 Å². The Labute approximate surface area is 152 Å². The van der Waals surface area contributed by atoms with Crippen LogP contribution in [0.4, 0.5) is 0 Å². The van der Waals surface area contributed by atoms with Gasteiger partial charge in [-0.3, -0.25) is 4.79 Å². The van der Waals surface area contributed by atoms with Gasteiger partial charge in [0.15, 0.2) is 21.3 Å². The number of ether oxygens (including phenoxy) is 3. The Balaban J connectivity index is 2.07. The van der Waals surface area contributed by atoms with E-state index in [0.29, 0.717) is 17.9 Å². The number of amides is 1. The zero-order valence-corrected chi connectivity index (χ0v) is 15.9. The third kappa shape index (κ3) is 4.66. The maximum Gasteiger partial charge on any atom is 0.329 e. The number of esters is 1. The number of aryl methyl sites for hydroxylation is 1. The van der Waals surface area contributed by atoms with E-state index in [1.54, 1.807) is 19.2 Å². The highest BCUT2D eigenvalue weighted by Crippen LogP contribution is 2.28. The zero-order valence-electron chi connectivity index (χ0n) is 15.1. The van der Waals surface area contributed by atoms with Gasteiger partial charge in [-0.25, -0.2) is 13.2 Å². The van der Waals surface area contributed by atoms with Gasteiger partial charge in [-0.1, -0.05) is 6.07 Å². The lowest BCUT2D eigenvalue weighted by molar-refractivity contribution is -0.152. The van der Waals surface area contributed by atoms with Gasteiger partial charge in [-0.2, -0.15) is 0 Å². The van der Waals surface area contributed by atoms with E-state index < -0.39 is 27.6 Å². The van der Waals surface area contributed by atoms with Crippen LogP contribution < -0.4 is 9.47 Å². The number of rotatable bonds is 6. The molecule has 26 heavy (non-hydrogen) atoms. The number of benzene rings is 1. The molecule has 0 N–H and O–H groups in total. The second kappa shape index (κ2) is 8.39. The first-order chi connectivity index (χ1) is 12.3. The first-order valence-electron chi connectivity index (χ1n) is 8.10. The summed E-state index contributed by atoms with van der Waals surface area (Å²) in [5.41, 5.74) is 0.871. The zero-order chi connectivity index (χ0) is 19.3. The number of carbonyl (C=O) groups is 2. The molecule has 0 radical (unpaired) electrons. The Hall–Kier alpha value is -2.29. The van der Waals surface area contributed by atoms with Crippen molar-refractivity contribution in [2.75, 3.05) is 39.4 Å². The molecule has 1 aliphatic heterocycles. The Bertz CT molecular complexity index is 775. The molecule has 1 fully saturated rings. The average Bonchev–Trinajstić information content (AvgIpc) is 2.64. The van der Waals surface area contributed by atoms with Crippen LogP contribution in [0, 0.1) is 0 Å². The molecule has 1 amide bonds. The number of nitrogens with zero attached hydrogens (tertiary/aromatic N) is 1. The van der Waals surface area contributed by atoms with Crippen molar-refractivity contribution in [1.29, 1.82) is 0 Å². The van der Waals surface area contributed by atoms with Crippen LogP contribution in [0.1, 0.15) is 12.0 Å². The van der Waals surface area contributed by atoms with Gasteiger partial charge in [-0.15, -0.1) is 0 Å². The Morgan fingerprint density at radius 1 is 1.15 bits per heavy atom. The second-order valence-electron chi connectivity index (χ2n) is 5.93. The van der Waals surface area contributed by atoms with Crippen molar-refractivity contribution in [2.24, 2.45) is 0 Å². The van der Waals surface area contributed by atoms with Crippen molar-refractivity contribution < 1.29 is 32.2 Å². The molecule has 0 unspecified atom stereocenters. The van der Waals surface area contributed by atoms with Gasteiger partial charge in [0.2, 0.25) is 5.91 Å². The number of methoxy groups -OCH3 is 3. The molecule has 1 atom stereocenters. The molecule has 0 aromatic heterocycles. The first kappa shape index (κ1) is 20.0. The molecule has 1 aromatic carbocycles. The quantitative estimate of drug-likeness (QED) is 0.655. The van der Waals surface area contributed by atoms with Crippen molar-refractivity contribution in [2.45, 2.75) is 18.9 Å². The topological polar surface area (TPSA) is 99.2 Å². The minimum Gasteiger partial charge on any atom is -0.493 e. The summed E-state index contributed by atoms with van der Waals surface area (Å²) < 4.78 is 38.6. The van der Waals surface area contributed by atoms with Crippen molar-refractivity contribution in [1.82, 2.24) is 4.90 Å². The van der Waals surface area contributed by atoms with E-state index in [2.05, 4.69) is 4.74 Å². The predicted octanol–water partition coefficient (Wildman–Crippen LogP) is 0.435. The van der Waals surface area contributed by atoms with Crippen LogP contribution in [-0.2, 0) is 30.6 Å². The SMILES string of the molecule is COC(=O)[C@@H]1CS(=O)(=O)CCN1C(=O)CCc1ccc(OC)c(OC)c1. The second-order valence-corrected chi connectivity index (χ2v) is 8.16. The van der Waals surface area contributed by atoms with Crippen molar-refractivity contribution >= 4 is 21.7 Å². The van der Waals surface area contributed by atoms with E-state index in [1.165, 1.54) is 19.1 Å². The summed E-state index contributed by atoms with van der Waals surface area (Å²) in [5.74, 6) is -0.397. The van der Waals surface area contributed by atoms with Gasteiger partial charge in [0.05, 0.1) is 32.8 Å². The third-order valence-corrected chi connectivity index (χ3v) is 5.93. The number of sulfone groups is 1. The molecule has 2 rings (SSSR count). The van der Waals surface area contributed by atoms with Crippen molar-refractivity contribution in [3.8, 4) is 11.5 Å². The summed E-state index contributed by atoms with van der Waals surface area (Å²) in [7, 11) is 0.884. The molecule has 0 saturated carbocycles. The van der Waals surface area contributed by atoms with E-state index in [0.717, 1.165) is 5.56 Å². The van der Waals surface area contributed by atoms with Crippen LogP contribution in [0.3, 0.4) is 0 Å². The summed E-state index contributed by atoms with van der Waals surface area (Å²) in [5, 5.41) is 0. The Morgan fingerprint density at radius 2 is 1.85 bits per heavy atom. The lowest BCUT2D eigenvalue weighted by Crippen LogP contribution is -2.55. The van der Waals surface area contributed by atoms with Crippen LogP contribution >= 0.6 is 0 Å². The molecule has 1 aliphatic rings. The van der Waals surface area contributed by atoms with E-state index in [1.807, 2.05) is 6.07 Å². The third-order valence-electron chi connectivity index (χ3n) is 4.30. The average molecular weight is 385 g/mol. The minimum atomic E-state index is -3.36. The molecule has 1 saturated heterocycles. The van der Waals surface area contributed by atoms with Gasteiger partial charge in [0.1, 0.15) is 6.04 Å². The molecule has 0 aliphatic carbocycles. The van der Waals surface area contributed by atoms with Crippen molar-refractivity contribution in [3.63, 3.8) is 0 Å². The molecular weight excluding hydrogens is 362 g/mol. The normalized spacial score (nSPS) is 18.9. The highest BCUT2D eigenvalue weighted by molar-refractivity contribution is 7.91. The summed E-state index contributed by atoms with van der Waals surface area (Å²) >= 11 is 0. The van der Waals surface area contributed by atoms with E-state index in [-0.39, 0.29) is 24.6 Å². The van der Waals surface area contributed by atoms with Crippen LogP contribution in [0.25, 0.3) is 0 Å². The fourth-order valence-corrected chi connectivity index (χ4v) is 4.31. The lowest BCUT2D eigenvalue weighted by atomic mass is 10.1. The number of hydrogen-bond acceptors (Lipinski definition) is 7. The maximum atomic E-state index is 12.6. The van der Waals surface area contributed by atoms with E-state index in [4.69, 9.17) is 9.47 Å². The molecule has 8 nitrogen and oxygen atoms in total. The molecule has 0 spiro atoms. The van der Waals surface area contributed by atoms with Gasteiger partial charge in [-0.05, 0) is 24.1 Å². The van der Waals surface area contributed by atoms with Gasteiger partial charge < -0.3 is 19.1 Å². The van der Waals surface area contributed by atoms with E-state index >= 15 is 0 Å². The minimum absolute atomic E-state index is 0.00708. The molecule has 9 heteroatoms. The largest absolute Gasteiger partial charge is 0.493 e. The summed E-state index contributed by atoms with van der Waals surface area (Å²) in [6, 6.07) is 4.28. The molecule has 1 heterocycles. The Kier molecular flexibility index (Phi) is 6.47. The van der Waals surface area contributed by atoms with Crippen LogP contribution in [-0.4, -0.2) is 70.6 Å². The first-order valence-corrected chi connectivity index (χ1v) is 9.92. The van der Waals surface area contributed by atoms with Crippen LogP contribution in [0.2, 0.25) is 0 Å². The Morgan fingerprint density at radius 3 is 2.46 bits per heavy atom. The van der Waals surface area contributed by atoms with Gasteiger partial charge in [0, 0.05) is 13.0 Å². The molecule has 0 bridgehead atoms. The fraction of sp³-hybridized carbons (Fsp3) is 0.529. The smallest absolute Gasteiger partial charge is 0.329 e. The number of carbonyl (C=O) groups excluding carboxylic acids is 2. The highest BCUT2D eigenvalue weighted by atomic mass is 32.2. The molecular formula is C17H23NO7S. The van der Waals surface area contributed by atoms with Gasteiger partial charge in [0.25, 0.3) is 0 Å². The maximum absolute atomic E-state index is 12.6. The predicted molar refractivity (Wildman–Crippen MR) is 94.0 cm³/mol. The highest BCUT2D eigenvalue weighted by Gasteiger charge is 2.38. The van der Waals surface area contributed by atoms with Crippen LogP contribution in [0.5, 0.6) is 11.5 Å². The monoisotopic (exact) mass is 385 g/mol. The van der Waals surface area contributed by atoms with Crippen LogP contribution in [0.15, 0.2) is 18.2 Å².